The van der Waals surface area contributed by atoms with Crippen molar-refractivity contribution in [1.29, 1.82) is 0 Å². The average Bonchev–Trinajstić information content (AvgIpc) is 3.32. The summed E-state index contributed by atoms with van der Waals surface area (Å²) in [6.45, 7) is 3.13. The van der Waals surface area contributed by atoms with E-state index in [0.29, 0.717) is 23.9 Å². The standard InChI is InChI=1S/C19H27N5O2S/c1-22-14-17(12-21-22)11-16-7-10-23(15-16)19-6-5-18(13-20-19)27(25,26)24-8-3-2-4-9-24/h5-6,12-14,16H,2-4,7-11,15H2,1H3. The maximum atomic E-state index is 12.7. The lowest BCUT2D eigenvalue weighted by Crippen LogP contribution is -2.35. The Kier molecular flexibility index (Phi) is 5.19. The van der Waals surface area contributed by atoms with Gasteiger partial charge in [-0.15, -0.1) is 0 Å². The molecule has 0 amide bonds. The molecule has 2 aliphatic rings. The van der Waals surface area contributed by atoms with Gasteiger partial charge in [-0.2, -0.15) is 9.40 Å². The van der Waals surface area contributed by atoms with Gasteiger partial charge in [-0.25, -0.2) is 13.4 Å². The number of sulfonamides is 1. The van der Waals surface area contributed by atoms with Gasteiger partial charge < -0.3 is 4.90 Å². The summed E-state index contributed by atoms with van der Waals surface area (Å²) in [5.74, 6) is 1.44. The normalized spacial score (nSPS) is 21.7. The second-order valence-corrected chi connectivity index (χ2v) is 9.58. The first kappa shape index (κ1) is 18.4. The second-order valence-electron chi connectivity index (χ2n) is 7.64. The van der Waals surface area contributed by atoms with Crippen molar-refractivity contribution in [2.45, 2.75) is 37.0 Å². The molecule has 2 aromatic heterocycles. The van der Waals surface area contributed by atoms with Gasteiger partial charge in [-0.05, 0) is 49.3 Å². The Balaban J connectivity index is 1.40. The highest BCUT2D eigenvalue weighted by Gasteiger charge is 2.28. The number of piperidine rings is 1. The summed E-state index contributed by atoms with van der Waals surface area (Å²) in [5, 5.41) is 4.24. The number of nitrogens with zero attached hydrogens (tertiary/aromatic N) is 5. The van der Waals surface area contributed by atoms with Gasteiger partial charge in [0.1, 0.15) is 10.7 Å². The van der Waals surface area contributed by atoms with Crippen LogP contribution >= 0.6 is 0 Å². The summed E-state index contributed by atoms with van der Waals surface area (Å²) in [6, 6.07) is 3.56. The minimum Gasteiger partial charge on any atom is -0.356 e. The van der Waals surface area contributed by atoms with Gasteiger partial charge in [0.25, 0.3) is 0 Å². The smallest absolute Gasteiger partial charge is 0.244 e. The van der Waals surface area contributed by atoms with Crippen molar-refractivity contribution in [3.8, 4) is 0 Å². The minimum absolute atomic E-state index is 0.305. The van der Waals surface area contributed by atoms with E-state index in [2.05, 4.69) is 21.2 Å². The molecule has 2 aliphatic heterocycles. The summed E-state index contributed by atoms with van der Waals surface area (Å²) in [4.78, 5) is 7.02. The predicted octanol–water partition coefficient (Wildman–Crippen LogP) is 2.06. The van der Waals surface area contributed by atoms with Crippen LogP contribution in [-0.2, 0) is 23.5 Å². The highest BCUT2D eigenvalue weighted by molar-refractivity contribution is 7.89. The van der Waals surface area contributed by atoms with Crippen LogP contribution in [0.3, 0.4) is 0 Å². The fourth-order valence-corrected chi connectivity index (χ4v) is 5.55. The molecule has 4 heterocycles. The van der Waals surface area contributed by atoms with Crippen molar-refractivity contribution in [2.75, 3.05) is 31.1 Å². The van der Waals surface area contributed by atoms with E-state index in [9.17, 15) is 8.42 Å². The number of hydrogen-bond acceptors (Lipinski definition) is 5. The van der Waals surface area contributed by atoms with Crippen LogP contribution in [0.2, 0.25) is 0 Å². The van der Waals surface area contributed by atoms with Gasteiger partial charge in [-0.1, -0.05) is 6.42 Å². The molecule has 27 heavy (non-hydrogen) atoms. The Morgan fingerprint density at radius 1 is 1.11 bits per heavy atom. The Morgan fingerprint density at radius 2 is 1.93 bits per heavy atom. The Bertz CT molecular complexity index is 872. The lowest BCUT2D eigenvalue weighted by atomic mass is 10.0. The van der Waals surface area contributed by atoms with Crippen LogP contribution in [0, 0.1) is 5.92 Å². The van der Waals surface area contributed by atoms with Crippen LogP contribution in [0.4, 0.5) is 5.82 Å². The molecule has 2 aromatic rings. The Labute approximate surface area is 161 Å². The summed E-state index contributed by atoms with van der Waals surface area (Å²) >= 11 is 0. The highest BCUT2D eigenvalue weighted by atomic mass is 32.2. The molecular weight excluding hydrogens is 362 g/mol. The zero-order chi connectivity index (χ0) is 18.9. The zero-order valence-corrected chi connectivity index (χ0v) is 16.6. The first-order chi connectivity index (χ1) is 13.0. The van der Waals surface area contributed by atoms with E-state index in [1.54, 1.807) is 10.4 Å². The first-order valence-electron chi connectivity index (χ1n) is 9.71. The number of aryl methyl sites for hydroxylation is 1. The quantitative estimate of drug-likeness (QED) is 0.783. The largest absolute Gasteiger partial charge is 0.356 e. The fraction of sp³-hybridized carbons (Fsp3) is 0.579. The molecule has 0 spiro atoms. The molecular formula is C19H27N5O2S. The molecule has 7 nitrogen and oxygen atoms in total. The molecule has 1 atom stereocenters. The fourth-order valence-electron chi connectivity index (χ4n) is 4.08. The van der Waals surface area contributed by atoms with Crippen LogP contribution in [0.25, 0.3) is 0 Å². The number of anilines is 1. The number of pyridine rings is 1. The van der Waals surface area contributed by atoms with Crippen LogP contribution in [0.15, 0.2) is 35.6 Å². The highest BCUT2D eigenvalue weighted by Crippen LogP contribution is 2.26. The van der Waals surface area contributed by atoms with E-state index in [1.807, 2.05) is 24.0 Å². The Morgan fingerprint density at radius 3 is 2.59 bits per heavy atom. The van der Waals surface area contributed by atoms with E-state index >= 15 is 0 Å². The van der Waals surface area contributed by atoms with Crippen LogP contribution in [0.1, 0.15) is 31.2 Å². The van der Waals surface area contributed by atoms with Crippen molar-refractivity contribution in [3.63, 3.8) is 0 Å². The maximum absolute atomic E-state index is 12.7. The van der Waals surface area contributed by atoms with Gasteiger partial charge in [0.05, 0.1) is 6.20 Å². The Hall–Kier alpha value is -1.93. The van der Waals surface area contributed by atoms with Gasteiger partial charge in [-0.3, -0.25) is 4.68 Å². The molecule has 0 saturated carbocycles. The van der Waals surface area contributed by atoms with E-state index in [4.69, 9.17) is 0 Å². The molecule has 0 radical (unpaired) electrons. The summed E-state index contributed by atoms with van der Waals surface area (Å²) in [7, 11) is -1.47. The molecule has 2 fully saturated rings. The zero-order valence-electron chi connectivity index (χ0n) is 15.8. The van der Waals surface area contributed by atoms with Crippen molar-refractivity contribution < 1.29 is 8.42 Å². The van der Waals surface area contributed by atoms with Crippen molar-refractivity contribution in [1.82, 2.24) is 19.1 Å². The van der Waals surface area contributed by atoms with Crippen molar-refractivity contribution >= 4 is 15.8 Å². The van der Waals surface area contributed by atoms with Gasteiger partial charge >= 0.3 is 0 Å². The van der Waals surface area contributed by atoms with E-state index < -0.39 is 10.0 Å². The van der Waals surface area contributed by atoms with E-state index in [0.717, 1.165) is 51.0 Å². The lowest BCUT2D eigenvalue weighted by molar-refractivity contribution is 0.346. The molecule has 146 valence electrons. The molecule has 0 N–H and O–H groups in total. The van der Waals surface area contributed by atoms with Crippen molar-refractivity contribution in [3.05, 3.63) is 36.3 Å². The van der Waals surface area contributed by atoms with E-state index in [-0.39, 0.29) is 0 Å². The summed E-state index contributed by atoms with van der Waals surface area (Å²) < 4.78 is 28.9. The molecule has 1 unspecified atom stereocenters. The van der Waals surface area contributed by atoms with Gasteiger partial charge in [0, 0.05) is 45.6 Å². The monoisotopic (exact) mass is 389 g/mol. The lowest BCUT2D eigenvalue weighted by Gasteiger charge is -2.26. The van der Waals surface area contributed by atoms with Crippen LogP contribution in [-0.4, -0.2) is 53.7 Å². The SMILES string of the molecule is Cn1cc(CC2CCN(c3ccc(S(=O)(=O)N4CCCCC4)cn3)C2)cn1. The third kappa shape index (κ3) is 4.01. The summed E-state index contributed by atoms with van der Waals surface area (Å²) in [5.41, 5.74) is 1.26. The maximum Gasteiger partial charge on any atom is 0.244 e. The molecule has 4 rings (SSSR count). The number of hydrogen-bond donors (Lipinski definition) is 0. The second kappa shape index (κ2) is 7.59. The molecule has 8 heteroatoms. The third-order valence-corrected chi connectivity index (χ3v) is 7.45. The minimum atomic E-state index is -3.41. The molecule has 0 bridgehead atoms. The number of aromatic nitrogens is 3. The third-order valence-electron chi connectivity index (χ3n) is 5.57. The average molecular weight is 390 g/mol. The van der Waals surface area contributed by atoms with E-state index in [1.165, 1.54) is 11.8 Å². The molecule has 2 saturated heterocycles. The molecule has 0 aromatic carbocycles. The first-order valence-corrected chi connectivity index (χ1v) is 11.1. The summed E-state index contributed by atoms with van der Waals surface area (Å²) in [6.07, 6.45) is 10.7. The van der Waals surface area contributed by atoms with Gasteiger partial charge in [0.2, 0.25) is 10.0 Å². The predicted molar refractivity (Wildman–Crippen MR) is 104 cm³/mol. The topological polar surface area (TPSA) is 71.3 Å². The number of rotatable bonds is 5. The van der Waals surface area contributed by atoms with Crippen LogP contribution < -0.4 is 4.90 Å². The van der Waals surface area contributed by atoms with Gasteiger partial charge in [0.15, 0.2) is 0 Å². The molecule has 0 aliphatic carbocycles. The van der Waals surface area contributed by atoms with Crippen molar-refractivity contribution in [2.24, 2.45) is 13.0 Å². The van der Waals surface area contributed by atoms with Crippen LogP contribution in [0.5, 0.6) is 0 Å².